The first kappa shape index (κ1) is 18.4. The summed E-state index contributed by atoms with van der Waals surface area (Å²) >= 11 is 5.34. The molecule has 0 spiro atoms. The van der Waals surface area contributed by atoms with Gasteiger partial charge >= 0.3 is 6.18 Å². The van der Waals surface area contributed by atoms with Crippen molar-refractivity contribution in [2.24, 2.45) is 0 Å². The number of aromatic nitrogens is 4. The fourth-order valence-corrected chi connectivity index (χ4v) is 3.54. The first-order valence-corrected chi connectivity index (χ1v) is 9.05. The van der Waals surface area contributed by atoms with Crippen LogP contribution < -0.4 is 5.32 Å². The topological polar surface area (TPSA) is 58.5 Å². The van der Waals surface area contributed by atoms with Crippen molar-refractivity contribution in [2.75, 3.05) is 5.32 Å². The lowest BCUT2D eigenvalue weighted by Gasteiger charge is -2.11. The number of hydrogen-bond acceptors (Lipinski definition) is 4. The van der Waals surface area contributed by atoms with Gasteiger partial charge in [0.05, 0.1) is 22.1 Å². The molecule has 0 aliphatic heterocycles. The molecule has 4 aromatic rings. The van der Waals surface area contributed by atoms with E-state index in [1.54, 1.807) is 6.07 Å². The summed E-state index contributed by atoms with van der Waals surface area (Å²) in [7, 11) is 0. The molecule has 0 aliphatic carbocycles. The molecule has 2 N–H and O–H groups in total. The minimum absolute atomic E-state index is 0.208. The van der Waals surface area contributed by atoms with Crippen molar-refractivity contribution in [1.29, 1.82) is 0 Å². The van der Waals surface area contributed by atoms with Crippen LogP contribution in [0.3, 0.4) is 0 Å². The maximum absolute atomic E-state index is 12.9. The van der Waals surface area contributed by atoms with Gasteiger partial charge in [0.25, 0.3) is 0 Å². The molecule has 0 fully saturated rings. The first-order valence-electron chi connectivity index (χ1n) is 8.64. The van der Waals surface area contributed by atoms with E-state index in [0.717, 1.165) is 40.6 Å². The molecule has 2 heterocycles. The zero-order valence-electron chi connectivity index (χ0n) is 14.8. The number of benzene rings is 2. The number of nitrogens with one attached hydrogen (secondary N) is 2. The molecule has 5 nitrogen and oxygen atoms in total. The van der Waals surface area contributed by atoms with Gasteiger partial charge < -0.3 is 14.9 Å². The van der Waals surface area contributed by atoms with Crippen molar-refractivity contribution in [2.45, 2.75) is 26.2 Å². The van der Waals surface area contributed by atoms with Gasteiger partial charge in [0, 0.05) is 18.5 Å². The average molecular weight is 403 g/mol. The van der Waals surface area contributed by atoms with Crippen molar-refractivity contribution in [3.8, 4) is 0 Å². The number of H-pyrrole nitrogens is 1. The number of imidazole rings is 1. The Hall–Kier alpha value is -2.94. The number of hydrogen-bond donors (Lipinski definition) is 2. The van der Waals surface area contributed by atoms with Gasteiger partial charge in [-0.15, -0.1) is 0 Å². The molecule has 144 valence electrons. The minimum Gasteiger partial charge on any atom is -0.365 e. The summed E-state index contributed by atoms with van der Waals surface area (Å²) in [5.74, 6) is 0.549. The van der Waals surface area contributed by atoms with Crippen LogP contribution in [0.1, 0.15) is 18.1 Å². The SMILES string of the molecule is CCn1c(=S)[nH]c2cc3c(NCc4cccc(C(F)(F)F)c4)ncnc3cc21. The maximum atomic E-state index is 12.9. The van der Waals surface area contributed by atoms with Gasteiger partial charge in [-0.05, 0) is 49.0 Å². The highest BCUT2D eigenvalue weighted by atomic mass is 32.1. The van der Waals surface area contributed by atoms with Crippen molar-refractivity contribution < 1.29 is 13.2 Å². The van der Waals surface area contributed by atoms with E-state index in [1.807, 2.05) is 23.6 Å². The Labute approximate surface area is 163 Å². The van der Waals surface area contributed by atoms with Gasteiger partial charge in [0.1, 0.15) is 12.1 Å². The monoisotopic (exact) mass is 403 g/mol. The number of halogens is 3. The smallest absolute Gasteiger partial charge is 0.365 e. The van der Waals surface area contributed by atoms with E-state index in [2.05, 4.69) is 20.3 Å². The largest absolute Gasteiger partial charge is 0.416 e. The van der Waals surface area contributed by atoms with Crippen LogP contribution in [0.25, 0.3) is 21.9 Å². The van der Waals surface area contributed by atoms with E-state index < -0.39 is 11.7 Å². The lowest BCUT2D eigenvalue weighted by Crippen LogP contribution is -2.07. The molecular formula is C19H16F3N5S. The summed E-state index contributed by atoms with van der Waals surface area (Å²) in [6.45, 7) is 2.95. The number of fused-ring (bicyclic) bond motifs is 2. The van der Waals surface area contributed by atoms with Crippen LogP contribution in [-0.2, 0) is 19.3 Å². The second-order valence-corrected chi connectivity index (χ2v) is 6.72. The summed E-state index contributed by atoms with van der Waals surface area (Å²) in [4.78, 5) is 11.7. The summed E-state index contributed by atoms with van der Waals surface area (Å²) in [6.07, 6.45) is -2.94. The second kappa shape index (κ2) is 6.90. The van der Waals surface area contributed by atoms with E-state index in [0.29, 0.717) is 16.2 Å². The normalized spacial score (nSPS) is 12.0. The van der Waals surface area contributed by atoms with Crippen molar-refractivity contribution in [1.82, 2.24) is 19.5 Å². The van der Waals surface area contributed by atoms with E-state index in [9.17, 15) is 13.2 Å². The quantitative estimate of drug-likeness (QED) is 0.455. The molecule has 0 saturated heterocycles. The summed E-state index contributed by atoms with van der Waals surface area (Å²) in [5.41, 5.74) is 2.37. The minimum atomic E-state index is -4.37. The van der Waals surface area contributed by atoms with Gasteiger partial charge in [-0.25, -0.2) is 9.97 Å². The lowest BCUT2D eigenvalue weighted by molar-refractivity contribution is -0.137. The van der Waals surface area contributed by atoms with Gasteiger partial charge in [-0.2, -0.15) is 13.2 Å². The van der Waals surface area contributed by atoms with Gasteiger partial charge in [0.15, 0.2) is 4.77 Å². The van der Waals surface area contributed by atoms with Crippen LogP contribution in [0.15, 0.2) is 42.7 Å². The van der Waals surface area contributed by atoms with Gasteiger partial charge in [0.2, 0.25) is 0 Å². The fourth-order valence-electron chi connectivity index (χ4n) is 3.21. The Bertz CT molecular complexity index is 1230. The zero-order chi connectivity index (χ0) is 19.9. The Morgan fingerprint density at radius 3 is 2.75 bits per heavy atom. The predicted molar refractivity (Wildman–Crippen MR) is 105 cm³/mol. The third-order valence-electron chi connectivity index (χ3n) is 4.56. The second-order valence-electron chi connectivity index (χ2n) is 6.33. The average Bonchev–Trinajstić information content (AvgIpc) is 2.98. The van der Waals surface area contributed by atoms with Gasteiger partial charge in [-0.1, -0.05) is 12.1 Å². The molecule has 2 aromatic heterocycles. The Kier molecular flexibility index (Phi) is 4.54. The third kappa shape index (κ3) is 3.33. The van der Waals surface area contributed by atoms with Crippen LogP contribution in [0.5, 0.6) is 0 Å². The Balaban J connectivity index is 1.70. The summed E-state index contributed by atoms with van der Waals surface area (Å²) in [6, 6.07) is 9.06. The Morgan fingerprint density at radius 1 is 1.18 bits per heavy atom. The molecule has 0 unspecified atom stereocenters. The predicted octanol–water partition coefficient (Wildman–Crippen LogP) is 5.29. The van der Waals surface area contributed by atoms with Gasteiger partial charge in [-0.3, -0.25) is 0 Å². The van der Waals surface area contributed by atoms with Crippen molar-refractivity contribution in [3.63, 3.8) is 0 Å². The highest BCUT2D eigenvalue weighted by Crippen LogP contribution is 2.30. The first-order chi connectivity index (χ1) is 13.4. The highest BCUT2D eigenvalue weighted by Gasteiger charge is 2.30. The third-order valence-corrected chi connectivity index (χ3v) is 4.88. The van der Waals surface area contributed by atoms with Crippen LogP contribution in [-0.4, -0.2) is 19.5 Å². The van der Waals surface area contributed by atoms with E-state index in [1.165, 1.54) is 12.4 Å². The molecular weight excluding hydrogens is 387 g/mol. The van der Waals surface area contributed by atoms with E-state index >= 15 is 0 Å². The molecule has 0 saturated carbocycles. The lowest BCUT2D eigenvalue weighted by atomic mass is 10.1. The standard InChI is InChI=1S/C19H16F3N5S/c1-2-27-16-8-14-13(7-15(16)26-18(27)28)17(25-10-24-14)23-9-11-4-3-5-12(6-11)19(20,21)22/h3-8,10H,2,9H2,1H3,(H,26,28)(H,23,24,25). The molecule has 28 heavy (non-hydrogen) atoms. The molecule has 9 heteroatoms. The van der Waals surface area contributed by atoms with E-state index in [4.69, 9.17) is 12.2 Å². The van der Waals surface area contributed by atoms with Crippen LogP contribution >= 0.6 is 12.2 Å². The highest BCUT2D eigenvalue weighted by molar-refractivity contribution is 7.71. The Morgan fingerprint density at radius 2 is 2.00 bits per heavy atom. The molecule has 4 rings (SSSR count). The fraction of sp³-hybridized carbons (Fsp3) is 0.211. The van der Waals surface area contributed by atoms with Crippen molar-refractivity contribution in [3.05, 3.63) is 58.6 Å². The van der Waals surface area contributed by atoms with Crippen LogP contribution in [0.2, 0.25) is 0 Å². The number of anilines is 1. The molecule has 2 aromatic carbocycles. The molecule has 0 amide bonds. The molecule has 0 bridgehead atoms. The number of aromatic amines is 1. The number of nitrogens with zero attached hydrogens (tertiary/aromatic N) is 3. The van der Waals surface area contributed by atoms with Crippen LogP contribution in [0, 0.1) is 4.77 Å². The van der Waals surface area contributed by atoms with Crippen LogP contribution in [0.4, 0.5) is 19.0 Å². The molecule has 0 atom stereocenters. The number of aryl methyl sites for hydroxylation is 1. The van der Waals surface area contributed by atoms with Crippen molar-refractivity contribution >= 4 is 40.0 Å². The summed E-state index contributed by atoms with van der Waals surface area (Å²) < 4.78 is 41.3. The number of rotatable bonds is 4. The number of alkyl halides is 3. The van der Waals surface area contributed by atoms with E-state index in [-0.39, 0.29) is 6.54 Å². The molecule has 0 aliphatic rings. The maximum Gasteiger partial charge on any atom is 0.416 e. The molecule has 0 radical (unpaired) electrons. The zero-order valence-corrected chi connectivity index (χ0v) is 15.7. The summed E-state index contributed by atoms with van der Waals surface area (Å²) in [5, 5.41) is 3.88.